The van der Waals surface area contributed by atoms with Gasteiger partial charge in [-0.3, -0.25) is 0 Å². The Labute approximate surface area is 140 Å². The Hall–Kier alpha value is -2.97. The molecule has 2 aromatic carbocycles. The van der Waals surface area contributed by atoms with Crippen LogP contribution in [0.15, 0.2) is 48.5 Å². The number of ether oxygens (including phenoxy) is 2. The fraction of sp³-hybridized carbons (Fsp3) is 0.188. The number of alkyl halides is 4. The van der Waals surface area contributed by atoms with Crippen LogP contribution < -0.4 is 20.1 Å². The molecule has 0 bridgehead atoms. The summed E-state index contributed by atoms with van der Waals surface area (Å²) >= 11 is 0. The minimum atomic E-state index is -3.04. The topological polar surface area (TPSA) is 59.6 Å². The van der Waals surface area contributed by atoms with Gasteiger partial charge in [-0.05, 0) is 18.2 Å². The first-order chi connectivity index (χ1) is 12.0. The lowest BCUT2D eigenvalue weighted by Crippen LogP contribution is -2.28. The van der Waals surface area contributed by atoms with E-state index in [1.807, 2.05) is 0 Å². The van der Waals surface area contributed by atoms with Gasteiger partial charge < -0.3 is 20.1 Å². The van der Waals surface area contributed by atoms with Gasteiger partial charge in [-0.1, -0.05) is 30.3 Å². The quantitative estimate of drug-likeness (QED) is 0.729. The molecule has 0 radical (unpaired) electrons. The molecule has 0 aliphatic heterocycles. The van der Waals surface area contributed by atoms with Gasteiger partial charge in [0.1, 0.15) is 11.5 Å². The molecular weight excluding hydrogens is 344 g/mol. The van der Waals surface area contributed by atoms with E-state index < -0.39 is 19.3 Å². The molecule has 2 amide bonds. The zero-order chi connectivity index (χ0) is 18.2. The van der Waals surface area contributed by atoms with Gasteiger partial charge in [0.05, 0.1) is 5.69 Å². The number of anilines is 1. The highest BCUT2D eigenvalue weighted by molar-refractivity contribution is 5.90. The van der Waals surface area contributed by atoms with Gasteiger partial charge in [-0.2, -0.15) is 17.6 Å². The van der Waals surface area contributed by atoms with Crippen LogP contribution in [-0.4, -0.2) is 19.3 Å². The molecule has 0 atom stereocenters. The van der Waals surface area contributed by atoms with E-state index in [0.717, 1.165) is 0 Å². The third-order valence-electron chi connectivity index (χ3n) is 2.98. The third-order valence-corrected chi connectivity index (χ3v) is 2.98. The van der Waals surface area contributed by atoms with Crippen LogP contribution in [-0.2, 0) is 6.54 Å². The maximum Gasteiger partial charge on any atom is 0.387 e. The lowest BCUT2D eigenvalue weighted by molar-refractivity contribution is -0.0508. The molecule has 0 saturated heterocycles. The summed E-state index contributed by atoms with van der Waals surface area (Å²) in [5.74, 6) is -0.270. The molecule has 134 valence electrons. The van der Waals surface area contributed by atoms with Crippen molar-refractivity contribution in [3.8, 4) is 11.5 Å². The van der Waals surface area contributed by atoms with Crippen LogP contribution in [0.2, 0.25) is 0 Å². The first kappa shape index (κ1) is 18.4. The Kier molecular flexibility index (Phi) is 6.44. The highest BCUT2D eigenvalue weighted by Gasteiger charge is 2.13. The summed E-state index contributed by atoms with van der Waals surface area (Å²) in [5, 5.41) is 4.77. The summed E-state index contributed by atoms with van der Waals surface area (Å²) in [6, 6.07) is 10.9. The fourth-order valence-electron chi connectivity index (χ4n) is 1.97. The standard InChI is InChI=1S/C16H14F4N2O3/c17-14(18)24-12-7-3-1-5-10(12)9-21-16(23)22-11-6-2-4-8-13(11)25-15(19)20/h1-8,14-15H,9H2,(H2,21,22,23). The number of nitrogens with one attached hydrogen (secondary N) is 2. The van der Waals surface area contributed by atoms with Gasteiger partial charge in [0.15, 0.2) is 0 Å². The van der Waals surface area contributed by atoms with Gasteiger partial charge in [0, 0.05) is 12.1 Å². The van der Waals surface area contributed by atoms with Crippen molar-refractivity contribution in [2.75, 3.05) is 5.32 Å². The van der Waals surface area contributed by atoms with E-state index in [1.54, 1.807) is 6.07 Å². The van der Waals surface area contributed by atoms with Crippen molar-refractivity contribution in [2.45, 2.75) is 19.8 Å². The first-order valence-electron chi connectivity index (χ1n) is 7.07. The summed E-state index contributed by atoms with van der Waals surface area (Å²) in [5.41, 5.74) is 0.368. The number of hydrogen-bond donors (Lipinski definition) is 2. The summed E-state index contributed by atoms with van der Waals surface area (Å²) in [4.78, 5) is 11.9. The molecule has 0 aliphatic carbocycles. The molecule has 25 heavy (non-hydrogen) atoms. The van der Waals surface area contributed by atoms with E-state index in [2.05, 4.69) is 20.1 Å². The van der Waals surface area contributed by atoms with E-state index in [0.29, 0.717) is 5.56 Å². The number of benzene rings is 2. The molecule has 2 rings (SSSR count). The highest BCUT2D eigenvalue weighted by atomic mass is 19.3. The van der Waals surface area contributed by atoms with Crippen molar-refractivity contribution >= 4 is 11.7 Å². The lowest BCUT2D eigenvalue weighted by atomic mass is 10.2. The van der Waals surface area contributed by atoms with Gasteiger partial charge in [0.2, 0.25) is 0 Å². The molecule has 2 N–H and O–H groups in total. The molecule has 0 saturated carbocycles. The Bertz CT molecular complexity index is 713. The summed E-state index contributed by atoms with van der Waals surface area (Å²) in [6.45, 7) is -6.13. The second-order valence-electron chi connectivity index (χ2n) is 4.67. The molecule has 2 aromatic rings. The number of carbonyl (C=O) groups is 1. The number of amides is 2. The maximum atomic E-state index is 12.3. The highest BCUT2D eigenvalue weighted by Crippen LogP contribution is 2.25. The van der Waals surface area contributed by atoms with E-state index in [9.17, 15) is 22.4 Å². The number of para-hydroxylation sites is 3. The Morgan fingerprint density at radius 1 is 0.880 bits per heavy atom. The normalized spacial score (nSPS) is 10.6. The lowest BCUT2D eigenvalue weighted by Gasteiger charge is -2.14. The minimum Gasteiger partial charge on any atom is -0.434 e. The summed E-state index contributed by atoms with van der Waals surface area (Å²) < 4.78 is 58.0. The number of hydrogen-bond acceptors (Lipinski definition) is 3. The van der Waals surface area contributed by atoms with E-state index in [-0.39, 0.29) is 23.7 Å². The van der Waals surface area contributed by atoms with Crippen LogP contribution in [0.25, 0.3) is 0 Å². The molecule has 0 aliphatic rings. The fourth-order valence-corrected chi connectivity index (χ4v) is 1.97. The zero-order valence-corrected chi connectivity index (χ0v) is 12.7. The minimum absolute atomic E-state index is 0.0393. The number of rotatable bonds is 7. The van der Waals surface area contributed by atoms with Crippen LogP contribution in [0.1, 0.15) is 5.56 Å². The predicted octanol–water partition coefficient (Wildman–Crippen LogP) is 4.21. The average molecular weight is 358 g/mol. The largest absolute Gasteiger partial charge is 0.434 e. The molecule has 0 fully saturated rings. The predicted molar refractivity (Wildman–Crippen MR) is 82.0 cm³/mol. The van der Waals surface area contributed by atoms with E-state index in [1.165, 1.54) is 42.5 Å². The van der Waals surface area contributed by atoms with E-state index in [4.69, 9.17) is 0 Å². The number of halogens is 4. The van der Waals surface area contributed by atoms with Crippen LogP contribution in [0, 0.1) is 0 Å². The van der Waals surface area contributed by atoms with Crippen LogP contribution in [0.4, 0.5) is 28.0 Å². The Balaban J connectivity index is 1.98. The van der Waals surface area contributed by atoms with E-state index >= 15 is 0 Å². The third kappa shape index (κ3) is 5.87. The van der Waals surface area contributed by atoms with Crippen LogP contribution >= 0.6 is 0 Å². The van der Waals surface area contributed by atoms with Gasteiger partial charge in [0.25, 0.3) is 0 Å². The average Bonchev–Trinajstić information content (AvgIpc) is 2.55. The number of urea groups is 1. The van der Waals surface area contributed by atoms with Crippen molar-refractivity contribution in [3.63, 3.8) is 0 Å². The molecule has 0 unspecified atom stereocenters. The maximum absolute atomic E-state index is 12.3. The SMILES string of the molecule is O=C(NCc1ccccc1OC(F)F)Nc1ccccc1OC(F)F. The van der Waals surface area contributed by atoms with Gasteiger partial charge >= 0.3 is 19.3 Å². The zero-order valence-electron chi connectivity index (χ0n) is 12.7. The Morgan fingerprint density at radius 2 is 1.44 bits per heavy atom. The molecule has 0 spiro atoms. The molecule has 5 nitrogen and oxygen atoms in total. The van der Waals surface area contributed by atoms with Crippen LogP contribution in [0.5, 0.6) is 11.5 Å². The van der Waals surface area contributed by atoms with Crippen LogP contribution in [0.3, 0.4) is 0 Å². The second-order valence-corrected chi connectivity index (χ2v) is 4.67. The molecule has 9 heteroatoms. The first-order valence-corrected chi connectivity index (χ1v) is 7.07. The Morgan fingerprint density at radius 3 is 2.12 bits per heavy atom. The van der Waals surface area contributed by atoms with Crippen molar-refractivity contribution in [1.29, 1.82) is 0 Å². The smallest absolute Gasteiger partial charge is 0.387 e. The second kappa shape index (κ2) is 8.76. The summed E-state index contributed by atoms with van der Waals surface area (Å²) in [6.07, 6.45) is 0. The number of carbonyl (C=O) groups excluding carboxylic acids is 1. The van der Waals surface area contributed by atoms with Crippen molar-refractivity contribution in [1.82, 2.24) is 5.32 Å². The summed E-state index contributed by atoms with van der Waals surface area (Å²) in [7, 11) is 0. The van der Waals surface area contributed by atoms with Gasteiger partial charge in [-0.15, -0.1) is 0 Å². The van der Waals surface area contributed by atoms with Crippen molar-refractivity contribution < 1.29 is 31.8 Å². The molecule has 0 heterocycles. The van der Waals surface area contributed by atoms with Crippen molar-refractivity contribution in [3.05, 3.63) is 54.1 Å². The van der Waals surface area contributed by atoms with Crippen molar-refractivity contribution in [2.24, 2.45) is 0 Å². The monoisotopic (exact) mass is 358 g/mol. The molecule has 0 aromatic heterocycles. The van der Waals surface area contributed by atoms with Gasteiger partial charge in [-0.25, -0.2) is 4.79 Å². The molecular formula is C16H14F4N2O3.